The number of ether oxygens (including phenoxy) is 2. The minimum atomic E-state index is 0.154. The van der Waals surface area contributed by atoms with Gasteiger partial charge < -0.3 is 14.8 Å². The first-order valence-electron chi connectivity index (χ1n) is 7.03. The van der Waals surface area contributed by atoms with Crippen LogP contribution >= 0.6 is 0 Å². The first-order valence-corrected chi connectivity index (χ1v) is 7.03. The predicted molar refractivity (Wildman–Crippen MR) is 83.7 cm³/mol. The number of hydrogen-bond donors (Lipinski definition) is 1. The van der Waals surface area contributed by atoms with Crippen LogP contribution in [0.25, 0.3) is 0 Å². The van der Waals surface area contributed by atoms with E-state index < -0.39 is 0 Å². The summed E-state index contributed by atoms with van der Waals surface area (Å²) in [6, 6.07) is 10.3. The molecular formula is C17H22N2O2. The fourth-order valence-corrected chi connectivity index (χ4v) is 2.37. The fraction of sp³-hybridized carbons (Fsp3) is 0.353. The Balaban J connectivity index is 2.14. The van der Waals surface area contributed by atoms with Gasteiger partial charge in [0, 0.05) is 36.1 Å². The molecule has 0 radical (unpaired) electrons. The topological polar surface area (TPSA) is 43.4 Å². The predicted octanol–water partition coefficient (Wildman–Crippen LogP) is 3.51. The van der Waals surface area contributed by atoms with Gasteiger partial charge in [0.2, 0.25) is 0 Å². The molecule has 0 saturated carbocycles. The van der Waals surface area contributed by atoms with E-state index in [9.17, 15) is 0 Å². The van der Waals surface area contributed by atoms with Crippen LogP contribution in [0.3, 0.4) is 0 Å². The lowest BCUT2D eigenvalue weighted by molar-refractivity contribution is 0.383. The molecule has 1 aromatic carbocycles. The molecule has 2 atom stereocenters. The number of aromatic nitrogens is 1. The third kappa shape index (κ3) is 3.73. The van der Waals surface area contributed by atoms with E-state index in [-0.39, 0.29) is 12.1 Å². The van der Waals surface area contributed by atoms with E-state index in [2.05, 4.69) is 30.2 Å². The van der Waals surface area contributed by atoms with Crippen molar-refractivity contribution in [2.75, 3.05) is 14.2 Å². The summed E-state index contributed by atoms with van der Waals surface area (Å²) in [6.45, 7) is 4.25. The average molecular weight is 286 g/mol. The molecule has 0 aliphatic carbocycles. The normalized spacial score (nSPS) is 13.5. The van der Waals surface area contributed by atoms with Crippen LogP contribution in [-0.2, 0) is 0 Å². The molecule has 2 unspecified atom stereocenters. The number of rotatable bonds is 6. The molecule has 4 nitrogen and oxygen atoms in total. The monoisotopic (exact) mass is 286 g/mol. The number of nitrogens with one attached hydrogen (secondary N) is 1. The second kappa shape index (κ2) is 7.09. The Morgan fingerprint density at radius 3 is 2.48 bits per heavy atom. The molecule has 2 rings (SSSR count). The van der Waals surface area contributed by atoms with Crippen molar-refractivity contribution in [1.29, 1.82) is 0 Å². The van der Waals surface area contributed by atoms with E-state index in [1.165, 1.54) is 0 Å². The number of benzene rings is 1. The molecule has 1 N–H and O–H groups in total. The smallest absolute Gasteiger partial charge is 0.127 e. The highest BCUT2D eigenvalue weighted by atomic mass is 16.5. The van der Waals surface area contributed by atoms with Gasteiger partial charge in [-0.2, -0.15) is 0 Å². The Hall–Kier alpha value is -2.07. The van der Waals surface area contributed by atoms with Crippen LogP contribution in [0.2, 0.25) is 0 Å². The molecule has 0 spiro atoms. The maximum atomic E-state index is 5.46. The third-order valence-electron chi connectivity index (χ3n) is 3.59. The van der Waals surface area contributed by atoms with Crippen LogP contribution in [0.4, 0.5) is 0 Å². The highest BCUT2D eigenvalue weighted by Crippen LogP contribution is 2.30. The summed E-state index contributed by atoms with van der Waals surface area (Å²) in [5.41, 5.74) is 2.27. The molecule has 1 heterocycles. The minimum Gasteiger partial charge on any atom is -0.497 e. The zero-order chi connectivity index (χ0) is 15.2. The van der Waals surface area contributed by atoms with Gasteiger partial charge in [0.25, 0.3) is 0 Å². The summed E-state index contributed by atoms with van der Waals surface area (Å²) < 4.78 is 10.7. The molecule has 1 aromatic heterocycles. The molecule has 0 bridgehead atoms. The molecular weight excluding hydrogens is 264 g/mol. The molecule has 21 heavy (non-hydrogen) atoms. The number of nitrogens with zero attached hydrogens (tertiary/aromatic N) is 1. The lowest BCUT2D eigenvalue weighted by atomic mass is 10.0. The quantitative estimate of drug-likeness (QED) is 0.882. The Morgan fingerprint density at radius 1 is 1.05 bits per heavy atom. The molecule has 0 amide bonds. The molecule has 4 heteroatoms. The van der Waals surface area contributed by atoms with Gasteiger partial charge in [-0.05, 0) is 31.5 Å². The maximum Gasteiger partial charge on any atom is 0.127 e. The molecule has 0 fully saturated rings. The van der Waals surface area contributed by atoms with Crippen molar-refractivity contribution in [2.24, 2.45) is 0 Å². The first-order chi connectivity index (χ1) is 10.2. The van der Waals surface area contributed by atoms with Crippen molar-refractivity contribution in [2.45, 2.75) is 25.9 Å². The van der Waals surface area contributed by atoms with Gasteiger partial charge in [-0.3, -0.25) is 4.98 Å². The zero-order valence-corrected chi connectivity index (χ0v) is 13.0. The largest absolute Gasteiger partial charge is 0.497 e. The summed E-state index contributed by atoms with van der Waals surface area (Å²) in [5, 5.41) is 3.56. The van der Waals surface area contributed by atoms with Crippen molar-refractivity contribution in [1.82, 2.24) is 10.3 Å². The van der Waals surface area contributed by atoms with Gasteiger partial charge >= 0.3 is 0 Å². The number of methoxy groups -OCH3 is 2. The fourth-order valence-electron chi connectivity index (χ4n) is 2.37. The standard InChI is InChI=1S/C17H22N2O2/c1-12(14-6-5-9-18-11-14)19-13(2)16-8-7-15(20-3)10-17(16)21-4/h5-13,19H,1-4H3. The van der Waals surface area contributed by atoms with Gasteiger partial charge in [0.15, 0.2) is 0 Å². The van der Waals surface area contributed by atoms with Gasteiger partial charge in [-0.1, -0.05) is 12.1 Å². The van der Waals surface area contributed by atoms with E-state index in [1.807, 2.05) is 30.5 Å². The molecule has 112 valence electrons. The molecule has 0 aliphatic rings. The van der Waals surface area contributed by atoms with Crippen LogP contribution in [0.15, 0.2) is 42.7 Å². The van der Waals surface area contributed by atoms with Crippen LogP contribution in [-0.4, -0.2) is 19.2 Å². The summed E-state index contributed by atoms with van der Waals surface area (Å²) in [6.07, 6.45) is 3.67. The zero-order valence-electron chi connectivity index (χ0n) is 13.0. The van der Waals surface area contributed by atoms with Gasteiger partial charge in [0.05, 0.1) is 14.2 Å². The van der Waals surface area contributed by atoms with Crippen LogP contribution in [0.5, 0.6) is 11.5 Å². The van der Waals surface area contributed by atoms with Crippen molar-refractivity contribution in [3.63, 3.8) is 0 Å². The Morgan fingerprint density at radius 2 is 1.86 bits per heavy atom. The van der Waals surface area contributed by atoms with E-state index in [0.717, 1.165) is 22.6 Å². The highest BCUT2D eigenvalue weighted by molar-refractivity contribution is 5.42. The van der Waals surface area contributed by atoms with Crippen LogP contribution in [0.1, 0.15) is 37.1 Å². The lowest BCUT2D eigenvalue weighted by Crippen LogP contribution is -2.23. The van der Waals surface area contributed by atoms with E-state index in [4.69, 9.17) is 9.47 Å². The highest BCUT2D eigenvalue weighted by Gasteiger charge is 2.15. The summed E-state index contributed by atoms with van der Waals surface area (Å²) in [4.78, 5) is 4.16. The Bertz CT molecular complexity index is 572. The van der Waals surface area contributed by atoms with E-state index >= 15 is 0 Å². The first kappa shape index (κ1) is 15.3. The maximum absolute atomic E-state index is 5.46. The van der Waals surface area contributed by atoms with Crippen molar-refractivity contribution < 1.29 is 9.47 Å². The van der Waals surface area contributed by atoms with Gasteiger partial charge in [-0.15, -0.1) is 0 Å². The second-order valence-corrected chi connectivity index (χ2v) is 5.00. The van der Waals surface area contributed by atoms with Crippen molar-refractivity contribution in [3.05, 3.63) is 53.9 Å². The third-order valence-corrected chi connectivity index (χ3v) is 3.59. The summed E-state index contributed by atoms with van der Waals surface area (Å²) in [7, 11) is 3.33. The Labute approximate surface area is 126 Å². The molecule has 0 saturated heterocycles. The van der Waals surface area contributed by atoms with Gasteiger partial charge in [0.1, 0.15) is 11.5 Å². The molecule has 0 aliphatic heterocycles. The number of hydrogen-bond acceptors (Lipinski definition) is 4. The SMILES string of the molecule is COc1ccc(C(C)NC(C)c2cccnc2)c(OC)c1. The van der Waals surface area contributed by atoms with Crippen LogP contribution in [0, 0.1) is 0 Å². The summed E-state index contributed by atoms with van der Waals surface area (Å²) in [5.74, 6) is 1.62. The second-order valence-electron chi connectivity index (χ2n) is 5.00. The van der Waals surface area contributed by atoms with E-state index in [0.29, 0.717) is 0 Å². The van der Waals surface area contributed by atoms with Crippen molar-refractivity contribution >= 4 is 0 Å². The van der Waals surface area contributed by atoms with Crippen LogP contribution < -0.4 is 14.8 Å². The van der Waals surface area contributed by atoms with E-state index in [1.54, 1.807) is 20.4 Å². The lowest BCUT2D eigenvalue weighted by Gasteiger charge is -2.22. The van der Waals surface area contributed by atoms with Gasteiger partial charge in [-0.25, -0.2) is 0 Å². The Kier molecular flexibility index (Phi) is 5.17. The van der Waals surface area contributed by atoms with Crippen molar-refractivity contribution in [3.8, 4) is 11.5 Å². The molecule has 2 aromatic rings. The minimum absolute atomic E-state index is 0.154. The summed E-state index contributed by atoms with van der Waals surface area (Å²) >= 11 is 0. The average Bonchev–Trinajstić information content (AvgIpc) is 2.54. The number of pyridine rings is 1.